The van der Waals surface area contributed by atoms with Gasteiger partial charge in [-0.2, -0.15) is 0 Å². The second-order valence-corrected chi connectivity index (χ2v) is 10.5. The number of thiophene rings is 1. The van der Waals surface area contributed by atoms with Crippen molar-refractivity contribution in [2.45, 2.75) is 38.8 Å². The van der Waals surface area contributed by atoms with E-state index in [4.69, 9.17) is 4.74 Å². The molecule has 2 aromatic carbocycles. The van der Waals surface area contributed by atoms with Crippen LogP contribution in [0.3, 0.4) is 0 Å². The normalized spacial score (nSPS) is 15.5. The summed E-state index contributed by atoms with van der Waals surface area (Å²) in [6.07, 6.45) is 0.700. The van der Waals surface area contributed by atoms with Gasteiger partial charge >= 0.3 is 0 Å². The van der Waals surface area contributed by atoms with Crippen LogP contribution in [0.2, 0.25) is 0 Å². The summed E-state index contributed by atoms with van der Waals surface area (Å²) >= 11 is 1.63. The van der Waals surface area contributed by atoms with Gasteiger partial charge in [-0.1, -0.05) is 18.2 Å². The molecular weight excluding hydrogens is 470 g/mol. The minimum Gasteiger partial charge on any atom is -0.491 e. The van der Waals surface area contributed by atoms with Crippen molar-refractivity contribution in [2.24, 2.45) is 0 Å². The van der Waals surface area contributed by atoms with E-state index in [2.05, 4.69) is 0 Å². The Morgan fingerprint density at radius 3 is 2.60 bits per heavy atom. The number of carbonyl (C=O) groups is 2. The standard InChI is InChI=1S/C27H28F2N2O3S/c1-27(2,3)31(26(33)20-9-4-5-10-22(20)29)16-25(32)30-13-11-24-21(12-14-35-24)23(30)17-34-19-8-6-7-18(28)15-19/h4-10,12,14-15,23H,11,13,16-17H2,1-3H3/t23-/m1/s1. The average molecular weight is 499 g/mol. The number of carbonyl (C=O) groups excluding carboxylic acids is 2. The van der Waals surface area contributed by atoms with Gasteiger partial charge in [0.2, 0.25) is 5.91 Å². The van der Waals surface area contributed by atoms with Gasteiger partial charge in [-0.25, -0.2) is 8.78 Å². The third kappa shape index (κ3) is 5.53. The number of nitrogens with zero attached hydrogens (tertiary/aromatic N) is 2. The third-order valence-electron chi connectivity index (χ3n) is 6.07. The molecule has 4 rings (SSSR count). The van der Waals surface area contributed by atoms with E-state index < -0.39 is 23.1 Å². The fourth-order valence-corrected chi connectivity index (χ4v) is 5.15. The molecule has 5 nitrogen and oxygen atoms in total. The van der Waals surface area contributed by atoms with Crippen LogP contribution in [0.15, 0.2) is 60.0 Å². The number of amides is 2. The van der Waals surface area contributed by atoms with Gasteiger partial charge in [0.15, 0.2) is 0 Å². The summed E-state index contributed by atoms with van der Waals surface area (Å²) in [7, 11) is 0. The van der Waals surface area contributed by atoms with Crippen LogP contribution in [0.1, 0.15) is 47.6 Å². The highest BCUT2D eigenvalue weighted by molar-refractivity contribution is 7.10. The van der Waals surface area contributed by atoms with E-state index >= 15 is 0 Å². The molecule has 1 aliphatic rings. The molecule has 8 heteroatoms. The third-order valence-corrected chi connectivity index (χ3v) is 7.07. The predicted octanol–water partition coefficient (Wildman–Crippen LogP) is 5.47. The summed E-state index contributed by atoms with van der Waals surface area (Å²) in [6.45, 7) is 5.86. The maximum absolute atomic E-state index is 14.4. The Morgan fingerprint density at radius 2 is 1.89 bits per heavy atom. The number of fused-ring (bicyclic) bond motifs is 1. The largest absolute Gasteiger partial charge is 0.491 e. The first-order chi connectivity index (χ1) is 16.6. The minimum absolute atomic E-state index is 0.0695. The van der Waals surface area contributed by atoms with E-state index in [1.54, 1.807) is 34.4 Å². The van der Waals surface area contributed by atoms with Crippen LogP contribution < -0.4 is 4.74 Å². The van der Waals surface area contributed by atoms with Gasteiger partial charge in [0, 0.05) is 23.0 Å². The molecular formula is C27H28F2N2O3S. The summed E-state index contributed by atoms with van der Waals surface area (Å²) < 4.78 is 33.9. The number of halogens is 2. The SMILES string of the molecule is CC(C)(C)N(CC(=O)N1CCc2sccc2[C@H]1COc1cccc(F)c1)C(=O)c1ccccc1F. The quantitative estimate of drug-likeness (QED) is 0.453. The number of rotatable bonds is 6. The zero-order valence-electron chi connectivity index (χ0n) is 20.0. The van der Waals surface area contributed by atoms with E-state index in [9.17, 15) is 18.4 Å². The van der Waals surface area contributed by atoms with Gasteiger partial charge < -0.3 is 14.5 Å². The minimum atomic E-state index is -0.716. The maximum Gasteiger partial charge on any atom is 0.257 e. The molecule has 1 atom stereocenters. The van der Waals surface area contributed by atoms with Gasteiger partial charge in [0.05, 0.1) is 11.6 Å². The highest BCUT2D eigenvalue weighted by Crippen LogP contribution is 2.34. The zero-order valence-corrected chi connectivity index (χ0v) is 20.8. The van der Waals surface area contributed by atoms with Gasteiger partial charge in [0.1, 0.15) is 30.5 Å². The molecule has 3 aromatic rings. The van der Waals surface area contributed by atoms with Crippen molar-refractivity contribution in [1.82, 2.24) is 9.80 Å². The summed E-state index contributed by atoms with van der Waals surface area (Å²) in [5.41, 5.74) is 0.208. The van der Waals surface area contributed by atoms with Crippen molar-refractivity contribution in [3.8, 4) is 5.75 Å². The van der Waals surface area contributed by atoms with E-state index in [0.29, 0.717) is 18.7 Å². The van der Waals surface area contributed by atoms with Crippen molar-refractivity contribution >= 4 is 23.2 Å². The Balaban J connectivity index is 1.57. The van der Waals surface area contributed by atoms with Crippen molar-refractivity contribution in [1.29, 1.82) is 0 Å². The summed E-state index contributed by atoms with van der Waals surface area (Å²) in [4.78, 5) is 31.2. The summed E-state index contributed by atoms with van der Waals surface area (Å²) in [6, 6.07) is 13.3. The topological polar surface area (TPSA) is 49.9 Å². The highest BCUT2D eigenvalue weighted by Gasteiger charge is 2.36. The van der Waals surface area contributed by atoms with E-state index in [-0.39, 0.29) is 30.7 Å². The summed E-state index contributed by atoms with van der Waals surface area (Å²) in [5, 5.41) is 1.98. The molecule has 0 saturated heterocycles. The highest BCUT2D eigenvalue weighted by atomic mass is 32.1. The van der Waals surface area contributed by atoms with Crippen LogP contribution in [-0.4, -0.2) is 46.8 Å². The molecule has 1 aromatic heterocycles. The molecule has 0 aliphatic carbocycles. The lowest BCUT2D eigenvalue weighted by atomic mass is 9.99. The van der Waals surface area contributed by atoms with Gasteiger partial charge in [0.25, 0.3) is 5.91 Å². The zero-order chi connectivity index (χ0) is 25.2. The lowest BCUT2D eigenvalue weighted by Crippen LogP contribution is -2.53. The molecule has 35 heavy (non-hydrogen) atoms. The van der Waals surface area contributed by atoms with Gasteiger partial charge in [-0.3, -0.25) is 9.59 Å². The Hall–Kier alpha value is -3.26. The first-order valence-corrected chi connectivity index (χ1v) is 12.3. The van der Waals surface area contributed by atoms with Crippen LogP contribution in [0, 0.1) is 11.6 Å². The van der Waals surface area contributed by atoms with E-state index in [1.165, 1.54) is 40.1 Å². The number of hydrogen-bond donors (Lipinski definition) is 0. The Kier molecular flexibility index (Phi) is 7.21. The fraction of sp³-hybridized carbons (Fsp3) is 0.333. The van der Waals surface area contributed by atoms with Crippen LogP contribution >= 0.6 is 11.3 Å². The van der Waals surface area contributed by atoms with Crippen molar-refractivity contribution < 1.29 is 23.1 Å². The van der Waals surface area contributed by atoms with Gasteiger partial charge in [-0.05, 0) is 68.5 Å². The molecule has 0 radical (unpaired) electrons. The molecule has 2 amide bonds. The predicted molar refractivity (Wildman–Crippen MR) is 132 cm³/mol. The number of ether oxygens (including phenoxy) is 1. The van der Waals surface area contributed by atoms with Crippen molar-refractivity contribution in [2.75, 3.05) is 19.7 Å². The van der Waals surface area contributed by atoms with Crippen molar-refractivity contribution in [3.63, 3.8) is 0 Å². The Bertz CT molecular complexity index is 1220. The van der Waals surface area contributed by atoms with Crippen LogP contribution in [0.25, 0.3) is 0 Å². The first kappa shape index (κ1) is 24.9. The lowest BCUT2D eigenvalue weighted by Gasteiger charge is -2.40. The average Bonchev–Trinajstić information content (AvgIpc) is 3.29. The Labute approximate surface area is 207 Å². The molecule has 0 spiro atoms. The first-order valence-electron chi connectivity index (χ1n) is 11.5. The van der Waals surface area contributed by atoms with E-state index in [0.717, 1.165) is 5.56 Å². The lowest BCUT2D eigenvalue weighted by molar-refractivity contribution is -0.136. The van der Waals surface area contributed by atoms with Crippen molar-refractivity contribution in [3.05, 3.63) is 87.6 Å². The van der Waals surface area contributed by atoms with Crippen LogP contribution in [0.5, 0.6) is 5.75 Å². The van der Waals surface area contributed by atoms with Crippen LogP contribution in [0.4, 0.5) is 8.78 Å². The van der Waals surface area contributed by atoms with Gasteiger partial charge in [-0.15, -0.1) is 11.3 Å². The second kappa shape index (κ2) is 10.2. The molecule has 2 heterocycles. The Morgan fingerprint density at radius 1 is 1.11 bits per heavy atom. The smallest absolute Gasteiger partial charge is 0.257 e. The molecule has 184 valence electrons. The molecule has 0 fully saturated rings. The fourth-order valence-electron chi connectivity index (χ4n) is 4.23. The molecule has 0 saturated carbocycles. The number of benzene rings is 2. The summed E-state index contributed by atoms with van der Waals surface area (Å²) in [5.74, 6) is -1.44. The molecule has 0 unspecified atom stereocenters. The van der Waals surface area contributed by atoms with E-state index in [1.807, 2.05) is 32.2 Å². The second-order valence-electron chi connectivity index (χ2n) is 9.46. The van der Waals surface area contributed by atoms with Crippen LogP contribution in [-0.2, 0) is 11.2 Å². The number of hydrogen-bond acceptors (Lipinski definition) is 4. The molecule has 0 bridgehead atoms. The monoisotopic (exact) mass is 498 g/mol. The molecule has 0 N–H and O–H groups in total. The molecule has 1 aliphatic heterocycles. The maximum atomic E-state index is 14.4.